The molecule has 0 aromatic heterocycles. The largest absolute Gasteiger partial charge is 0.394 e. The van der Waals surface area contributed by atoms with Gasteiger partial charge in [-0.25, -0.2) is 0 Å². The van der Waals surface area contributed by atoms with Crippen LogP contribution in [0.3, 0.4) is 0 Å². The molecule has 28 heteroatoms. The van der Waals surface area contributed by atoms with Gasteiger partial charge in [0.1, 0.15) is 111 Å². The summed E-state index contributed by atoms with van der Waals surface area (Å²) < 4.78 is 33.8. The average Bonchev–Trinajstić information content (AvgIpc) is 3.31. The Morgan fingerprint density at radius 2 is 0.764 bits per heavy atom. The lowest BCUT2D eigenvalue weighted by atomic mass is 9.95. The number of nitrogens with zero attached hydrogens (tertiary/aromatic N) is 2. The number of nitrogens with one attached hydrogen (secondary N) is 2. The molecule has 5 rings (SSSR count). The van der Waals surface area contributed by atoms with E-state index in [0.29, 0.717) is 9.80 Å². The van der Waals surface area contributed by atoms with E-state index in [0.717, 1.165) is 24.3 Å². The fourth-order valence-electron chi connectivity index (χ4n) is 8.52. The fourth-order valence-corrected chi connectivity index (χ4v) is 8.52. The summed E-state index contributed by atoms with van der Waals surface area (Å²) in [6.07, 6.45) is -36.9. The van der Waals surface area contributed by atoms with Crippen molar-refractivity contribution in [3.05, 3.63) is 35.4 Å². The van der Waals surface area contributed by atoms with Gasteiger partial charge in [-0.3, -0.25) is 19.2 Å². The van der Waals surface area contributed by atoms with Gasteiger partial charge in [0.15, 0.2) is 25.0 Å². The number of hydrogen-bond acceptors (Lipinski definition) is 24. The monoisotopic (exact) mass is 1040 g/mol. The quantitative estimate of drug-likeness (QED) is 0.0731. The Morgan fingerprint density at radius 3 is 1.04 bits per heavy atom. The van der Waals surface area contributed by atoms with E-state index in [9.17, 15) is 90.7 Å². The van der Waals surface area contributed by atoms with Crippen LogP contribution in [0.15, 0.2) is 24.3 Å². The minimum absolute atomic E-state index is 0.268. The van der Waals surface area contributed by atoms with Gasteiger partial charge < -0.3 is 120 Å². The van der Waals surface area contributed by atoms with Gasteiger partial charge in [-0.15, -0.1) is 0 Å². The maximum Gasteiger partial charge on any atom is 0.256 e. The summed E-state index contributed by atoms with van der Waals surface area (Å²) in [6, 6.07) is 4.41. The minimum Gasteiger partial charge on any atom is -0.394 e. The standard InChI is InChI=1S/C44H70N4O24/c1-43(2,3)45-23(53)11-47(39-31(61)29(59)35(21(15-51)67-39)71-41-33(63)27(57)25(55)19(13-49)69-41)37(65)17-7-9-18(10-8-17)38(66)48(12-24(54)46-44(4,5)6)40-32(62)30(60)36(22(16-52)68-40)72-42-34(64)28(58)26(56)20(14-50)70-42/h7-10,19-22,25-36,39-42,49-52,55-64H,11-16H2,1-6H3,(H,45,53)(H,46,54)/t19?,20?,21?,22?,25-,26-,27?,28?,29+,30?,31?,32?,33?,34?,35+,36+,39+,40+,41-,42-/m0/s1. The summed E-state index contributed by atoms with van der Waals surface area (Å²) in [5.41, 5.74) is -2.24. The Hall–Kier alpha value is -3.70. The second kappa shape index (κ2) is 24.3. The van der Waals surface area contributed by atoms with Crippen LogP contribution in [0.25, 0.3) is 0 Å². The van der Waals surface area contributed by atoms with Gasteiger partial charge >= 0.3 is 0 Å². The Morgan fingerprint density at radius 1 is 0.458 bits per heavy atom. The van der Waals surface area contributed by atoms with E-state index in [2.05, 4.69) is 10.6 Å². The first-order valence-electron chi connectivity index (χ1n) is 23.1. The van der Waals surface area contributed by atoms with Gasteiger partial charge in [0.2, 0.25) is 11.8 Å². The molecule has 4 aliphatic heterocycles. The third kappa shape index (κ3) is 13.6. The molecule has 4 fully saturated rings. The second-order valence-corrected chi connectivity index (χ2v) is 20.1. The number of rotatable bonds is 16. The zero-order valence-corrected chi connectivity index (χ0v) is 40.3. The number of carbonyl (C=O) groups excluding carboxylic acids is 4. The van der Waals surface area contributed by atoms with Gasteiger partial charge in [-0.2, -0.15) is 0 Å². The van der Waals surface area contributed by atoms with Gasteiger partial charge in [0, 0.05) is 22.2 Å². The smallest absolute Gasteiger partial charge is 0.256 e. The summed E-state index contributed by atoms with van der Waals surface area (Å²) in [5.74, 6) is -3.67. The third-order valence-corrected chi connectivity index (χ3v) is 12.1. The van der Waals surface area contributed by atoms with Crippen molar-refractivity contribution in [2.45, 2.75) is 175 Å². The minimum atomic E-state index is -2.13. The van der Waals surface area contributed by atoms with Crippen molar-refractivity contribution in [3.8, 4) is 0 Å². The molecular formula is C44H70N4O24. The lowest BCUT2D eigenvalue weighted by molar-refractivity contribution is -0.347. The van der Waals surface area contributed by atoms with Crippen LogP contribution in [-0.4, -0.2) is 278 Å². The summed E-state index contributed by atoms with van der Waals surface area (Å²) in [4.78, 5) is 57.1. The van der Waals surface area contributed by atoms with Crippen molar-refractivity contribution in [2.24, 2.45) is 0 Å². The highest BCUT2D eigenvalue weighted by molar-refractivity contribution is 6.00. The maximum absolute atomic E-state index is 14.4. The Bertz CT molecular complexity index is 1830. The van der Waals surface area contributed by atoms with E-state index in [1.54, 1.807) is 41.5 Å². The van der Waals surface area contributed by atoms with Crippen LogP contribution >= 0.6 is 0 Å². The highest BCUT2D eigenvalue weighted by Gasteiger charge is 2.54. The SMILES string of the molecule is CC(C)(C)NC(=O)CN(C(=O)c1ccc(C(=O)N(CC(=O)NC(C)(C)C)[C@@H]2OC(CO)[C@@H](O[C@@H]3OC(CO)[C@H](O)C(O)C3O)[C@H](O)C2O)cc1)[C@@H]1OC(CO)[C@@H](O[C@@H]2OC(CO)[C@H](O)C(O)C2O)C(O)C1O. The zero-order valence-electron chi connectivity index (χ0n) is 40.3. The van der Waals surface area contributed by atoms with Crippen LogP contribution in [0, 0.1) is 0 Å². The van der Waals surface area contributed by atoms with Crippen LogP contribution < -0.4 is 10.6 Å². The Kier molecular flexibility index (Phi) is 20.0. The van der Waals surface area contributed by atoms with Crippen LogP contribution in [0.1, 0.15) is 62.3 Å². The molecule has 20 atom stereocenters. The molecule has 0 aliphatic carbocycles. The number of aliphatic hydroxyl groups is 14. The molecule has 0 radical (unpaired) electrons. The molecule has 1 aromatic carbocycles. The zero-order chi connectivity index (χ0) is 53.9. The summed E-state index contributed by atoms with van der Waals surface area (Å²) in [5, 5.41) is 153. The van der Waals surface area contributed by atoms with Crippen molar-refractivity contribution >= 4 is 23.6 Å². The van der Waals surface area contributed by atoms with Crippen LogP contribution in [0.5, 0.6) is 0 Å². The second-order valence-electron chi connectivity index (χ2n) is 20.1. The molecule has 410 valence electrons. The molecule has 0 saturated carbocycles. The molecule has 4 saturated heterocycles. The van der Waals surface area contributed by atoms with E-state index in [4.69, 9.17) is 28.4 Å². The predicted molar refractivity (Wildman–Crippen MR) is 237 cm³/mol. The molecule has 4 heterocycles. The van der Waals surface area contributed by atoms with E-state index >= 15 is 0 Å². The van der Waals surface area contributed by atoms with Gasteiger partial charge in [0.05, 0.1) is 26.4 Å². The lowest BCUT2D eigenvalue weighted by Crippen LogP contribution is -2.67. The number of aliphatic hydroxyl groups excluding tert-OH is 14. The van der Waals surface area contributed by atoms with E-state index in [-0.39, 0.29) is 11.1 Å². The third-order valence-electron chi connectivity index (χ3n) is 12.1. The first-order valence-corrected chi connectivity index (χ1v) is 23.1. The summed E-state index contributed by atoms with van der Waals surface area (Å²) in [6.45, 7) is 4.54. The molecule has 1 aromatic rings. The molecule has 72 heavy (non-hydrogen) atoms. The van der Waals surface area contributed by atoms with Gasteiger partial charge in [0.25, 0.3) is 11.8 Å². The van der Waals surface area contributed by atoms with Gasteiger partial charge in [-0.05, 0) is 65.8 Å². The van der Waals surface area contributed by atoms with Crippen molar-refractivity contribution in [1.29, 1.82) is 0 Å². The molecule has 16 N–H and O–H groups in total. The average molecular weight is 1040 g/mol. The van der Waals surface area contributed by atoms with Crippen LogP contribution in [-0.2, 0) is 38.0 Å². The topological polar surface area (TPSA) is 437 Å². The first kappa shape index (κ1) is 59.2. The Labute approximate surface area is 412 Å². The van der Waals surface area contributed by atoms with Crippen LogP contribution in [0.4, 0.5) is 0 Å². The number of amides is 4. The predicted octanol–water partition coefficient (Wildman–Crippen LogP) is -8.35. The number of ether oxygens (including phenoxy) is 6. The maximum atomic E-state index is 14.4. The van der Waals surface area contributed by atoms with E-state index in [1.165, 1.54) is 0 Å². The van der Waals surface area contributed by atoms with Crippen molar-refractivity contribution in [3.63, 3.8) is 0 Å². The highest BCUT2D eigenvalue weighted by atomic mass is 16.7. The van der Waals surface area contributed by atoms with E-state index in [1.807, 2.05) is 0 Å². The molecule has 0 spiro atoms. The van der Waals surface area contributed by atoms with E-state index < -0.39 is 197 Å². The molecule has 11 unspecified atom stereocenters. The molecule has 28 nitrogen and oxygen atoms in total. The normalized spacial score (nSPS) is 37.6. The highest BCUT2D eigenvalue weighted by Crippen LogP contribution is 2.33. The van der Waals surface area contributed by atoms with Crippen molar-refractivity contribution in [2.75, 3.05) is 39.5 Å². The number of hydrogen-bond donors (Lipinski definition) is 16. The van der Waals surface area contributed by atoms with Crippen molar-refractivity contribution in [1.82, 2.24) is 20.4 Å². The van der Waals surface area contributed by atoms with Crippen molar-refractivity contribution < 1.29 is 119 Å². The number of benzene rings is 1. The summed E-state index contributed by atoms with van der Waals surface area (Å²) >= 11 is 0. The Balaban J connectivity index is 1.42. The fraction of sp³-hybridized carbons (Fsp3) is 0.773. The first-order chi connectivity index (χ1) is 33.6. The molecule has 0 bridgehead atoms. The number of carbonyl (C=O) groups is 4. The molecule has 4 aliphatic rings. The van der Waals surface area contributed by atoms with Gasteiger partial charge in [-0.1, -0.05) is 0 Å². The lowest BCUT2D eigenvalue weighted by Gasteiger charge is -2.48. The summed E-state index contributed by atoms with van der Waals surface area (Å²) in [7, 11) is 0. The molecule has 4 amide bonds. The molecular weight excluding hydrogens is 968 g/mol. The van der Waals surface area contributed by atoms with Crippen LogP contribution in [0.2, 0.25) is 0 Å².